The van der Waals surface area contributed by atoms with Gasteiger partial charge in [0.1, 0.15) is 0 Å². The van der Waals surface area contributed by atoms with E-state index in [1.165, 1.54) is 0 Å². The number of hydrogen-bond donors (Lipinski definition) is 1. The van der Waals surface area contributed by atoms with Gasteiger partial charge in [0.2, 0.25) is 0 Å². The molecular formula is C9H14O. The highest BCUT2D eigenvalue weighted by Crippen LogP contribution is 2.20. The van der Waals surface area contributed by atoms with E-state index in [0.717, 1.165) is 0 Å². The van der Waals surface area contributed by atoms with Gasteiger partial charge < -0.3 is 5.11 Å². The molecule has 1 N–H and O–H groups in total. The second kappa shape index (κ2) is 3.02. The Balaban J connectivity index is 2.61. The van der Waals surface area contributed by atoms with Gasteiger partial charge in [0.05, 0.1) is 6.10 Å². The van der Waals surface area contributed by atoms with Gasteiger partial charge in [0.15, 0.2) is 0 Å². The van der Waals surface area contributed by atoms with Crippen LogP contribution in [0.3, 0.4) is 0 Å². The van der Waals surface area contributed by atoms with Gasteiger partial charge in [0, 0.05) is 5.92 Å². The number of allylic oxidation sites excluding steroid dienone is 2. The Morgan fingerprint density at radius 1 is 1.20 bits per heavy atom. The lowest BCUT2D eigenvalue weighted by Gasteiger charge is -2.22. The van der Waals surface area contributed by atoms with Crippen molar-refractivity contribution in [3.05, 3.63) is 24.3 Å². The van der Waals surface area contributed by atoms with Crippen molar-refractivity contribution >= 4 is 0 Å². The fourth-order valence-corrected chi connectivity index (χ4v) is 1.23. The molecule has 0 heterocycles. The van der Waals surface area contributed by atoms with Crippen LogP contribution in [0.2, 0.25) is 0 Å². The van der Waals surface area contributed by atoms with Gasteiger partial charge in [-0.15, -0.1) is 0 Å². The van der Waals surface area contributed by atoms with Crippen LogP contribution in [0, 0.1) is 11.8 Å². The van der Waals surface area contributed by atoms with Gasteiger partial charge in [-0.25, -0.2) is 0 Å². The highest BCUT2D eigenvalue weighted by atomic mass is 16.3. The second-order valence-electron chi connectivity index (χ2n) is 3.08. The van der Waals surface area contributed by atoms with E-state index < -0.39 is 0 Å². The first kappa shape index (κ1) is 7.55. The maximum absolute atomic E-state index is 9.40. The van der Waals surface area contributed by atoms with Crippen LogP contribution in [-0.4, -0.2) is 11.2 Å². The smallest absolute Gasteiger partial charge is 0.0789 e. The molecule has 0 radical (unpaired) electrons. The van der Waals surface area contributed by atoms with E-state index in [0.29, 0.717) is 11.8 Å². The first-order valence-electron chi connectivity index (χ1n) is 3.75. The molecule has 0 aromatic carbocycles. The normalized spacial score (nSPS) is 31.6. The van der Waals surface area contributed by atoms with Crippen LogP contribution in [0.15, 0.2) is 24.3 Å². The summed E-state index contributed by atoms with van der Waals surface area (Å²) in [5.41, 5.74) is 0. The highest BCUT2D eigenvalue weighted by molar-refractivity contribution is 5.15. The van der Waals surface area contributed by atoms with Crippen molar-refractivity contribution in [3.8, 4) is 0 Å². The van der Waals surface area contributed by atoms with E-state index in [1.807, 2.05) is 18.2 Å². The molecule has 0 saturated heterocycles. The van der Waals surface area contributed by atoms with Gasteiger partial charge in [-0.05, 0) is 5.92 Å². The van der Waals surface area contributed by atoms with Crippen molar-refractivity contribution in [3.63, 3.8) is 0 Å². The molecule has 1 nitrogen and oxygen atoms in total. The van der Waals surface area contributed by atoms with Crippen LogP contribution in [0.1, 0.15) is 13.8 Å². The van der Waals surface area contributed by atoms with Gasteiger partial charge in [0.25, 0.3) is 0 Å². The van der Waals surface area contributed by atoms with Crippen molar-refractivity contribution < 1.29 is 5.11 Å². The molecule has 1 heteroatoms. The van der Waals surface area contributed by atoms with E-state index in [-0.39, 0.29) is 6.10 Å². The molecule has 0 amide bonds. The monoisotopic (exact) mass is 138 g/mol. The zero-order chi connectivity index (χ0) is 7.56. The predicted octanol–water partition coefficient (Wildman–Crippen LogP) is 1.75. The maximum atomic E-state index is 9.40. The summed E-state index contributed by atoms with van der Waals surface area (Å²) in [7, 11) is 0. The van der Waals surface area contributed by atoms with Gasteiger partial charge in [-0.1, -0.05) is 38.2 Å². The Morgan fingerprint density at radius 2 is 1.80 bits per heavy atom. The molecule has 0 aromatic heterocycles. The van der Waals surface area contributed by atoms with E-state index in [1.54, 1.807) is 0 Å². The molecule has 0 saturated carbocycles. The number of aliphatic hydroxyl groups is 1. The summed E-state index contributed by atoms with van der Waals surface area (Å²) in [6, 6.07) is 0. The third kappa shape index (κ3) is 1.48. The van der Waals surface area contributed by atoms with Crippen LogP contribution < -0.4 is 0 Å². The summed E-state index contributed by atoms with van der Waals surface area (Å²) in [5, 5.41) is 9.40. The Hall–Kier alpha value is -0.560. The van der Waals surface area contributed by atoms with Crippen molar-refractivity contribution in [2.75, 3.05) is 0 Å². The van der Waals surface area contributed by atoms with E-state index in [4.69, 9.17) is 0 Å². The third-order valence-corrected chi connectivity index (χ3v) is 1.92. The number of hydrogen-bond acceptors (Lipinski definition) is 1. The number of rotatable bonds is 1. The van der Waals surface area contributed by atoms with Gasteiger partial charge in [-0.2, -0.15) is 0 Å². The van der Waals surface area contributed by atoms with E-state index in [9.17, 15) is 5.11 Å². The molecule has 2 unspecified atom stereocenters. The summed E-state index contributed by atoms with van der Waals surface area (Å²) < 4.78 is 0. The SMILES string of the molecule is CC(C)C1C=CC=CC1O. The summed E-state index contributed by atoms with van der Waals surface area (Å²) in [6.45, 7) is 4.24. The van der Waals surface area contributed by atoms with Crippen molar-refractivity contribution in [2.24, 2.45) is 11.8 Å². The molecule has 10 heavy (non-hydrogen) atoms. The highest BCUT2D eigenvalue weighted by Gasteiger charge is 2.18. The minimum atomic E-state index is -0.273. The van der Waals surface area contributed by atoms with Crippen LogP contribution in [0.25, 0.3) is 0 Å². The van der Waals surface area contributed by atoms with Crippen LogP contribution in [0.4, 0.5) is 0 Å². The molecule has 56 valence electrons. The van der Waals surface area contributed by atoms with Gasteiger partial charge >= 0.3 is 0 Å². The molecular weight excluding hydrogens is 124 g/mol. The molecule has 1 rings (SSSR count). The average molecular weight is 138 g/mol. The standard InChI is InChI=1S/C9H14O/c1-7(2)8-5-3-4-6-9(8)10/h3-10H,1-2H3. The molecule has 0 aromatic rings. The third-order valence-electron chi connectivity index (χ3n) is 1.92. The molecule has 2 atom stereocenters. The molecule has 1 aliphatic rings. The lowest BCUT2D eigenvalue weighted by molar-refractivity contribution is 0.149. The lowest BCUT2D eigenvalue weighted by atomic mass is 9.87. The van der Waals surface area contributed by atoms with Crippen LogP contribution >= 0.6 is 0 Å². The largest absolute Gasteiger partial charge is 0.388 e. The number of aliphatic hydroxyl groups excluding tert-OH is 1. The minimum absolute atomic E-state index is 0.273. The maximum Gasteiger partial charge on any atom is 0.0789 e. The summed E-state index contributed by atoms with van der Waals surface area (Å²) in [4.78, 5) is 0. The van der Waals surface area contributed by atoms with Crippen molar-refractivity contribution in [1.29, 1.82) is 0 Å². The topological polar surface area (TPSA) is 20.2 Å². The second-order valence-corrected chi connectivity index (χ2v) is 3.08. The predicted molar refractivity (Wildman–Crippen MR) is 42.6 cm³/mol. The van der Waals surface area contributed by atoms with Crippen LogP contribution in [0.5, 0.6) is 0 Å². The Bertz CT molecular complexity index is 156. The Kier molecular flexibility index (Phi) is 2.28. The first-order chi connectivity index (χ1) is 4.72. The fourth-order valence-electron chi connectivity index (χ4n) is 1.23. The quantitative estimate of drug-likeness (QED) is 0.585. The molecule has 0 bridgehead atoms. The van der Waals surface area contributed by atoms with E-state index in [2.05, 4.69) is 19.9 Å². The molecule has 0 fully saturated rings. The summed E-state index contributed by atoms with van der Waals surface area (Å²) >= 11 is 0. The minimum Gasteiger partial charge on any atom is -0.388 e. The van der Waals surface area contributed by atoms with Crippen molar-refractivity contribution in [2.45, 2.75) is 20.0 Å². The molecule has 0 spiro atoms. The lowest BCUT2D eigenvalue weighted by Crippen LogP contribution is -2.22. The summed E-state index contributed by atoms with van der Waals surface area (Å²) in [5.74, 6) is 0.834. The summed E-state index contributed by atoms with van der Waals surface area (Å²) in [6.07, 6.45) is 7.52. The Labute approximate surface area is 62.1 Å². The fraction of sp³-hybridized carbons (Fsp3) is 0.556. The zero-order valence-corrected chi connectivity index (χ0v) is 6.49. The van der Waals surface area contributed by atoms with E-state index >= 15 is 0 Å². The Morgan fingerprint density at radius 3 is 2.20 bits per heavy atom. The molecule has 0 aliphatic heterocycles. The molecule has 1 aliphatic carbocycles. The first-order valence-corrected chi connectivity index (χ1v) is 3.75. The van der Waals surface area contributed by atoms with Crippen molar-refractivity contribution in [1.82, 2.24) is 0 Å². The van der Waals surface area contributed by atoms with Crippen LogP contribution in [-0.2, 0) is 0 Å². The van der Waals surface area contributed by atoms with Gasteiger partial charge in [-0.3, -0.25) is 0 Å². The average Bonchev–Trinajstić information content (AvgIpc) is 1.88. The zero-order valence-electron chi connectivity index (χ0n) is 6.49.